The van der Waals surface area contributed by atoms with Gasteiger partial charge >= 0.3 is 0 Å². The van der Waals surface area contributed by atoms with E-state index in [2.05, 4.69) is 97.1 Å². The molecule has 6 rings (SSSR count). The summed E-state index contributed by atoms with van der Waals surface area (Å²) in [5.74, 6) is 0.926. The Morgan fingerprint density at radius 3 is 2.28 bits per heavy atom. The van der Waals surface area contributed by atoms with Gasteiger partial charge in [0.1, 0.15) is 5.75 Å². The van der Waals surface area contributed by atoms with Crippen molar-refractivity contribution in [1.29, 1.82) is 0 Å². The van der Waals surface area contributed by atoms with Crippen LogP contribution < -0.4 is 15.0 Å². The van der Waals surface area contributed by atoms with Crippen molar-refractivity contribution in [2.75, 3.05) is 4.90 Å². The number of rotatable bonds is 6. The van der Waals surface area contributed by atoms with Crippen LogP contribution in [0.5, 0.6) is 5.75 Å². The summed E-state index contributed by atoms with van der Waals surface area (Å²) in [6, 6.07) is 23.2. The summed E-state index contributed by atoms with van der Waals surface area (Å²) < 4.78 is 8.65. The van der Waals surface area contributed by atoms with Gasteiger partial charge in [-0.2, -0.15) is 0 Å². The fourth-order valence-electron chi connectivity index (χ4n) is 6.42. The number of thiocarbonyl (C=S) groups is 1. The van der Waals surface area contributed by atoms with E-state index in [1.165, 1.54) is 46.6 Å². The topological polar surface area (TPSA) is 42.3 Å². The van der Waals surface area contributed by atoms with Gasteiger partial charge in [-0.15, -0.1) is 0 Å². The molecule has 2 atom stereocenters. The lowest BCUT2D eigenvalue weighted by atomic mass is 9.96. The zero-order chi connectivity index (χ0) is 27.1. The Hall–Kier alpha value is -3.64. The molecule has 0 spiro atoms. The Balaban J connectivity index is 1.43. The van der Waals surface area contributed by atoms with Gasteiger partial charge in [-0.25, -0.2) is 0 Å². The molecule has 3 heterocycles. The minimum atomic E-state index is -0.0833. The summed E-state index contributed by atoms with van der Waals surface area (Å²) in [6.45, 7) is 8.79. The van der Waals surface area contributed by atoms with E-state index in [4.69, 9.17) is 21.9 Å². The number of anilines is 1. The molecule has 1 aliphatic carbocycles. The van der Waals surface area contributed by atoms with Crippen LogP contribution in [-0.4, -0.2) is 20.8 Å². The number of nitrogens with zero attached hydrogens (tertiary/aromatic N) is 3. The molecule has 0 bridgehead atoms. The van der Waals surface area contributed by atoms with Crippen LogP contribution in [0.1, 0.15) is 71.5 Å². The first-order valence-corrected chi connectivity index (χ1v) is 14.4. The average Bonchev–Trinajstić information content (AvgIpc) is 3.64. The largest absolute Gasteiger partial charge is 0.490 e. The smallest absolute Gasteiger partial charge is 0.174 e. The van der Waals surface area contributed by atoms with Crippen molar-refractivity contribution >= 4 is 23.0 Å². The molecule has 1 saturated heterocycles. The monoisotopic (exact) mass is 536 g/mol. The third-order valence-corrected chi connectivity index (χ3v) is 8.58. The van der Waals surface area contributed by atoms with Crippen molar-refractivity contribution in [3.05, 3.63) is 107 Å². The van der Waals surface area contributed by atoms with E-state index in [1.54, 1.807) is 0 Å². The molecule has 1 N–H and O–H groups in total. The predicted octanol–water partition coefficient (Wildman–Crippen LogP) is 7.60. The van der Waals surface area contributed by atoms with Crippen molar-refractivity contribution < 1.29 is 4.74 Å². The molecule has 2 fully saturated rings. The standard InChI is InChI=1S/C33H36N4OS/c1-21-10-9-11-22(2)31(21)36-23(3)20-28(24(36)4)32-30(29-14-7-8-19-34-29)35-33(39)37(32)25-15-17-27(18-16-25)38-26-12-5-6-13-26/h7-11,14-20,26,30,32H,5-6,12-13H2,1-4H3,(H,35,39)/t30-,32+/m0/s1. The second-order valence-electron chi connectivity index (χ2n) is 10.9. The third-order valence-electron chi connectivity index (χ3n) is 8.27. The molecule has 1 saturated carbocycles. The highest BCUT2D eigenvalue weighted by molar-refractivity contribution is 7.80. The highest BCUT2D eigenvalue weighted by Crippen LogP contribution is 2.44. The van der Waals surface area contributed by atoms with E-state index in [-0.39, 0.29) is 12.1 Å². The molecule has 1 aliphatic heterocycles. The molecule has 200 valence electrons. The van der Waals surface area contributed by atoms with Crippen molar-refractivity contribution in [3.63, 3.8) is 0 Å². The second-order valence-corrected chi connectivity index (χ2v) is 11.3. The number of benzene rings is 2. The minimum Gasteiger partial charge on any atom is -0.490 e. The Bertz CT molecular complexity index is 1470. The van der Waals surface area contributed by atoms with Gasteiger partial charge in [-0.05, 0) is 125 Å². The summed E-state index contributed by atoms with van der Waals surface area (Å²) in [7, 11) is 0. The Labute approximate surface area is 236 Å². The lowest BCUT2D eigenvalue weighted by Crippen LogP contribution is -2.29. The zero-order valence-electron chi connectivity index (χ0n) is 23.1. The molecule has 39 heavy (non-hydrogen) atoms. The van der Waals surface area contributed by atoms with Crippen LogP contribution in [0.15, 0.2) is 72.9 Å². The van der Waals surface area contributed by atoms with E-state index in [9.17, 15) is 0 Å². The summed E-state index contributed by atoms with van der Waals surface area (Å²) in [4.78, 5) is 7.00. The number of aromatic nitrogens is 2. The van der Waals surface area contributed by atoms with Gasteiger partial charge in [0.05, 0.1) is 29.6 Å². The summed E-state index contributed by atoms with van der Waals surface area (Å²) in [5.41, 5.74) is 9.47. The van der Waals surface area contributed by atoms with Gasteiger partial charge in [-0.3, -0.25) is 4.98 Å². The summed E-state index contributed by atoms with van der Waals surface area (Å²) in [6.07, 6.45) is 7.00. The normalized spacial score (nSPS) is 19.5. The van der Waals surface area contributed by atoms with E-state index in [0.29, 0.717) is 11.2 Å². The maximum atomic E-state index is 6.25. The molecule has 5 nitrogen and oxygen atoms in total. The molecule has 2 aromatic heterocycles. The van der Waals surface area contributed by atoms with E-state index in [1.807, 2.05) is 18.3 Å². The fourth-order valence-corrected chi connectivity index (χ4v) is 6.77. The SMILES string of the molecule is Cc1cccc(C)c1-n1c(C)cc([C@@H]2[C@H](c3ccccn3)NC(=S)N2c2ccc(OC3CCCC3)cc2)c1C. The van der Waals surface area contributed by atoms with Crippen molar-refractivity contribution in [2.24, 2.45) is 0 Å². The van der Waals surface area contributed by atoms with Gasteiger partial charge in [-0.1, -0.05) is 24.3 Å². The first-order valence-electron chi connectivity index (χ1n) is 13.9. The maximum absolute atomic E-state index is 6.25. The van der Waals surface area contributed by atoms with Crippen molar-refractivity contribution in [3.8, 4) is 11.4 Å². The summed E-state index contributed by atoms with van der Waals surface area (Å²) in [5, 5.41) is 4.32. The van der Waals surface area contributed by atoms with Crippen LogP contribution in [0.4, 0.5) is 5.69 Å². The lowest BCUT2D eigenvalue weighted by molar-refractivity contribution is 0.210. The number of pyridine rings is 1. The number of nitrogens with one attached hydrogen (secondary N) is 1. The van der Waals surface area contributed by atoms with Crippen LogP contribution in [0.2, 0.25) is 0 Å². The van der Waals surface area contributed by atoms with Crippen molar-refractivity contribution in [2.45, 2.75) is 71.6 Å². The molecule has 0 radical (unpaired) electrons. The molecule has 6 heteroatoms. The summed E-state index contributed by atoms with van der Waals surface area (Å²) >= 11 is 5.99. The number of ether oxygens (including phenoxy) is 1. The highest BCUT2D eigenvalue weighted by atomic mass is 32.1. The van der Waals surface area contributed by atoms with E-state index >= 15 is 0 Å². The van der Waals surface area contributed by atoms with Crippen LogP contribution in [-0.2, 0) is 0 Å². The lowest BCUT2D eigenvalue weighted by Gasteiger charge is -2.28. The zero-order valence-corrected chi connectivity index (χ0v) is 24.0. The van der Waals surface area contributed by atoms with E-state index in [0.717, 1.165) is 30.0 Å². The van der Waals surface area contributed by atoms with Crippen LogP contribution in [0, 0.1) is 27.7 Å². The molecular weight excluding hydrogens is 500 g/mol. The first kappa shape index (κ1) is 25.6. The van der Waals surface area contributed by atoms with Gasteiger partial charge in [0.15, 0.2) is 5.11 Å². The van der Waals surface area contributed by atoms with Gasteiger partial charge in [0.25, 0.3) is 0 Å². The van der Waals surface area contributed by atoms with E-state index < -0.39 is 0 Å². The first-order chi connectivity index (χ1) is 18.9. The molecule has 2 aromatic carbocycles. The molecule has 2 aliphatic rings. The maximum Gasteiger partial charge on any atom is 0.174 e. The van der Waals surface area contributed by atoms with Crippen molar-refractivity contribution in [1.82, 2.24) is 14.9 Å². The number of hydrogen-bond acceptors (Lipinski definition) is 3. The second kappa shape index (κ2) is 10.5. The molecular formula is C33H36N4OS. The minimum absolute atomic E-state index is 0.0572. The number of aryl methyl sites for hydroxylation is 3. The molecule has 0 amide bonds. The fraction of sp³-hybridized carbons (Fsp3) is 0.333. The van der Waals surface area contributed by atoms with Gasteiger partial charge in [0, 0.05) is 23.3 Å². The Kier molecular flexibility index (Phi) is 6.90. The van der Waals surface area contributed by atoms with Gasteiger partial charge in [0.2, 0.25) is 0 Å². The van der Waals surface area contributed by atoms with Gasteiger partial charge < -0.3 is 19.5 Å². The number of hydrogen-bond donors (Lipinski definition) is 1. The molecule has 4 aromatic rings. The highest BCUT2D eigenvalue weighted by Gasteiger charge is 2.42. The Morgan fingerprint density at radius 1 is 0.897 bits per heavy atom. The average molecular weight is 537 g/mol. The van der Waals surface area contributed by atoms with Crippen LogP contribution in [0.3, 0.4) is 0 Å². The quantitative estimate of drug-likeness (QED) is 0.257. The van der Waals surface area contributed by atoms with Crippen LogP contribution in [0.25, 0.3) is 5.69 Å². The predicted molar refractivity (Wildman–Crippen MR) is 162 cm³/mol. The number of para-hydroxylation sites is 1. The Morgan fingerprint density at radius 2 is 1.62 bits per heavy atom. The van der Waals surface area contributed by atoms with Crippen LogP contribution >= 0.6 is 12.2 Å². The molecule has 0 unspecified atom stereocenters. The third kappa shape index (κ3) is 4.71.